The van der Waals surface area contributed by atoms with E-state index >= 15 is 0 Å². The first-order chi connectivity index (χ1) is 14.0. The normalized spacial score (nSPS) is 10.9. The number of benzene rings is 3. The molecule has 1 amide bonds. The first-order valence-corrected chi connectivity index (χ1v) is 10.0. The van der Waals surface area contributed by atoms with Gasteiger partial charge in [-0.15, -0.1) is 0 Å². The molecule has 0 aromatic heterocycles. The van der Waals surface area contributed by atoms with Gasteiger partial charge < -0.3 is 14.9 Å². The lowest BCUT2D eigenvalue weighted by Gasteiger charge is -2.08. The second-order valence-electron chi connectivity index (χ2n) is 5.96. The van der Waals surface area contributed by atoms with Crippen LogP contribution in [0.15, 0.2) is 74.7 Å². The molecule has 6 nitrogen and oxygen atoms in total. The number of carbonyl (C=O) groups excluding carboxylic acids is 1. The lowest BCUT2D eigenvalue weighted by Crippen LogP contribution is -2.17. The summed E-state index contributed by atoms with van der Waals surface area (Å²) in [5, 5.41) is 22.8. The maximum absolute atomic E-state index is 12.3. The summed E-state index contributed by atoms with van der Waals surface area (Å²) in [4.78, 5) is 12.3. The number of rotatable bonds is 6. The number of nitrogens with one attached hydrogen (secondary N) is 1. The molecule has 3 N–H and O–H groups in total. The Labute approximate surface area is 184 Å². The highest BCUT2D eigenvalue weighted by Crippen LogP contribution is 2.32. The summed E-state index contributed by atoms with van der Waals surface area (Å²) in [5.41, 5.74) is 4.32. The Morgan fingerprint density at radius 1 is 1.03 bits per heavy atom. The van der Waals surface area contributed by atoms with Crippen molar-refractivity contribution in [3.63, 3.8) is 0 Å². The Bertz CT molecular complexity index is 1030. The van der Waals surface area contributed by atoms with Crippen molar-refractivity contribution in [2.75, 3.05) is 0 Å². The van der Waals surface area contributed by atoms with Gasteiger partial charge in [-0.1, -0.05) is 18.2 Å². The second kappa shape index (κ2) is 9.69. The minimum atomic E-state index is -0.390. The molecule has 0 radical (unpaired) electrons. The fourth-order valence-corrected chi connectivity index (χ4v) is 3.61. The number of phenols is 1. The molecule has 0 unspecified atom stereocenters. The fourth-order valence-electron chi connectivity index (χ4n) is 2.39. The lowest BCUT2D eigenvalue weighted by molar-refractivity contribution is 0.0955. The number of hydrazone groups is 1. The summed E-state index contributed by atoms with van der Waals surface area (Å²) >= 11 is 6.48. The molecule has 0 aliphatic rings. The van der Waals surface area contributed by atoms with E-state index in [0.717, 1.165) is 5.56 Å². The average Bonchev–Trinajstić information content (AvgIpc) is 2.72. The molecule has 148 valence electrons. The molecule has 0 aliphatic heterocycles. The summed E-state index contributed by atoms with van der Waals surface area (Å²) < 4.78 is 6.77. The number of aliphatic hydroxyl groups is 1. The van der Waals surface area contributed by atoms with Crippen molar-refractivity contribution in [1.29, 1.82) is 0 Å². The van der Waals surface area contributed by atoms with Gasteiger partial charge in [-0.05, 0) is 85.5 Å². The maximum Gasteiger partial charge on any atom is 0.271 e. The van der Waals surface area contributed by atoms with E-state index in [4.69, 9.17) is 9.84 Å². The van der Waals surface area contributed by atoms with Gasteiger partial charge in [0.1, 0.15) is 17.2 Å². The van der Waals surface area contributed by atoms with E-state index in [1.54, 1.807) is 60.7 Å². The quantitative estimate of drug-likeness (QED) is 0.317. The summed E-state index contributed by atoms with van der Waals surface area (Å²) in [5.74, 6) is 0.805. The van der Waals surface area contributed by atoms with Crippen LogP contribution in [0.5, 0.6) is 17.2 Å². The van der Waals surface area contributed by atoms with Gasteiger partial charge in [0.05, 0.1) is 21.8 Å². The molecular weight excluding hydrogens is 504 g/mol. The van der Waals surface area contributed by atoms with Gasteiger partial charge >= 0.3 is 0 Å². The zero-order valence-corrected chi connectivity index (χ0v) is 18.1. The second-order valence-corrected chi connectivity index (χ2v) is 7.67. The van der Waals surface area contributed by atoms with Crippen molar-refractivity contribution < 1.29 is 19.7 Å². The van der Waals surface area contributed by atoms with Crippen LogP contribution in [-0.2, 0) is 6.61 Å². The van der Waals surface area contributed by atoms with Crippen LogP contribution in [0.1, 0.15) is 21.5 Å². The third kappa shape index (κ3) is 5.66. The van der Waals surface area contributed by atoms with Crippen molar-refractivity contribution in [1.82, 2.24) is 5.43 Å². The largest absolute Gasteiger partial charge is 0.506 e. The van der Waals surface area contributed by atoms with E-state index in [1.165, 1.54) is 6.21 Å². The molecule has 0 fully saturated rings. The third-order valence-corrected chi connectivity index (χ3v) is 5.07. The van der Waals surface area contributed by atoms with Gasteiger partial charge in [-0.25, -0.2) is 5.43 Å². The molecule has 0 aliphatic carbocycles. The predicted octanol–water partition coefficient (Wildman–Crippen LogP) is 4.97. The van der Waals surface area contributed by atoms with Crippen LogP contribution in [0.2, 0.25) is 0 Å². The smallest absolute Gasteiger partial charge is 0.271 e. The number of aromatic hydroxyl groups is 1. The number of hydrogen-bond donors (Lipinski definition) is 3. The Balaban J connectivity index is 1.65. The zero-order valence-electron chi connectivity index (χ0n) is 15.0. The van der Waals surface area contributed by atoms with Gasteiger partial charge in [0.15, 0.2) is 0 Å². The molecular formula is C21H16Br2N2O4. The third-order valence-electron chi connectivity index (χ3n) is 3.86. The number of phenolic OH excluding ortho intramolecular Hbond substituents is 1. The van der Waals surface area contributed by atoms with E-state index < -0.39 is 0 Å². The summed E-state index contributed by atoms with van der Waals surface area (Å²) in [6, 6.07) is 17.1. The predicted molar refractivity (Wildman–Crippen MR) is 117 cm³/mol. The van der Waals surface area contributed by atoms with Crippen molar-refractivity contribution in [3.8, 4) is 17.2 Å². The number of carbonyl (C=O) groups is 1. The van der Waals surface area contributed by atoms with Gasteiger partial charge in [0.25, 0.3) is 5.91 Å². The standard InChI is InChI=1S/C21H16Br2N2O4/c22-18-8-14(9-19(23)20(18)27)11-24-25-21(28)15-2-1-3-17(10-15)29-16-6-4-13(12-26)5-7-16/h1-11,26-27H,12H2,(H,25,28). The first kappa shape index (κ1) is 21.0. The highest BCUT2D eigenvalue weighted by Gasteiger charge is 2.08. The van der Waals surface area contributed by atoms with Gasteiger partial charge in [0, 0.05) is 5.56 Å². The minimum Gasteiger partial charge on any atom is -0.506 e. The van der Waals surface area contributed by atoms with E-state index in [0.29, 0.717) is 31.6 Å². The number of ether oxygens (including phenoxy) is 1. The number of aliphatic hydroxyl groups excluding tert-OH is 1. The molecule has 0 spiro atoms. The summed E-state index contributed by atoms with van der Waals surface area (Å²) in [7, 11) is 0. The Hall–Kier alpha value is -2.68. The number of nitrogens with zero attached hydrogens (tertiary/aromatic N) is 1. The van der Waals surface area contributed by atoms with Gasteiger partial charge in [-0.3, -0.25) is 4.79 Å². The zero-order chi connectivity index (χ0) is 20.8. The Morgan fingerprint density at radius 2 is 1.72 bits per heavy atom. The molecule has 0 atom stereocenters. The lowest BCUT2D eigenvalue weighted by atomic mass is 10.2. The van der Waals surface area contributed by atoms with Crippen molar-refractivity contribution in [3.05, 3.63) is 86.3 Å². The van der Waals surface area contributed by atoms with Crippen LogP contribution in [0.25, 0.3) is 0 Å². The monoisotopic (exact) mass is 518 g/mol. The summed E-state index contributed by atoms with van der Waals surface area (Å²) in [6.07, 6.45) is 1.47. The van der Waals surface area contributed by atoms with E-state index in [-0.39, 0.29) is 18.3 Å². The highest BCUT2D eigenvalue weighted by atomic mass is 79.9. The van der Waals surface area contributed by atoms with E-state index in [2.05, 4.69) is 42.4 Å². The Morgan fingerprint density at radius 3 is 2.38 bits per heavy atom. The van der Waals surface area contributed by atoms with E-state index in [1.807, 2.05) is 0 Å². The van der Waals surface area contributed by atoms with Crippen LogP contribution >= 0.6 is 31.9 Å². The molecule has 0 heterocycles. The molecule has 0 bridgehead atoms. The number of hydrogen-bond acceptors (Lipinski definition) is 5. The molecule has 29 heavy (non-hydrogen) atoms. The van der Waals surface area contributed by atoms with Crippen LogP contribution < -0.4 is 10.2 Å². The molecule has 3 rings (SSSR count). The minimum absolute atomic E-state index is 0.0332. The molecule has 0 saturated carbocycles. The SMILES string of the molecule is O=C(NN=Cc1cc(Br)c(O)c(Br)c1)c1cccc(Oc2ccc(CO)cc2)c1. The van der Waals surface area contributed by atoms with Gasteiger partial charge in [0.2, 0.25) is 0 Å². The first-order valence-electron chi connectivity index (χ1n) is 8.45. The number of amides is 1. The van der Waals surface area contributed by atoms with Crippen molar-refractivity contribution in [2.24, 2.45) is 5.10 Å². The molecule has 0 saturated heterocycles. The average molecular weight is 520 g/mol. The van der Waals surface area contributed by atoms with Crippen molar-refractivity contribution >= 4 is 44.0 Å². The molecule has 8 heteroatoms. The van der Waals surface area contributed by atoms with Crippen LogP contribution in [0.3, 0.4) is 0 Å². The Kier molecular flexibility index (Phi) is 7.03. The maximum atomic E-state index is 12.3. The summed E-state index contributed by atoms with van der Waals surface area (Å²) in [6.45, 7) is -0.0332. The van der Waals surface area contributed by atoms with Crippen LogP contribution in [-0.4, -0.2) is 22.3 Å². The molecule has 3 aromatic rings. The number of halogens is 2. The van der Waals surface area contributed by atoms with Crippen LogP contribution in [0.4, 0.5) is 0 Å². The van der Waals surface area contributed by atoms with E-state index in [9.17, 15) is 9.90 Å². The topological polar surface area (TPSA) is 91.2 Å². The van der Waals surface area contributed by atoms with Gasteiger partial charge in [-0.2, -0.15) is 5.10 Å². The highest BCUT2D eigenvalue weighted by molar-refractivity contribution is 9.11. The van der Waals surface area contributed by atoms with Crippen molar-refractivity contribution in [2.45, 2.75) is 6.61 Å². The van der Waals surface area contributed by atoms with Crippen LogP contribution in [0, 0.1) is 0 Å². The molecule has 3 aromatic carbocycles. The fraction of sp³-hybridized carbons (Fsp3) is 0.0476.